The molecule has 0 radical (unpaired) electrons. The highest BCUT2D eigenvalue weighted by molar-refractivity contribution is 7.71. The Balaban J connectivity index is 1.36. The third-order valence-electron chi connectivity index (χ3n) is 4.55. The first-order chi connectivity index (χ1) is 13.4. The zero-order valence-corrected chi connectivity index (χ0v) is 16.3. The van der Waals surface area contributed by atoms with Crippen LogP contribution in [-0.4, -0.2) is 50.8 Å². The number of hydrogen-bond donors (Lipinski definition) is 1. The van der Waals surface area contributed by atoms with Crippen molar-refractivity contribution in [3.8, 4) is 10.7 Å². The second-order valence-corrected chi connectivity index (χ2v) is 7.72. The first-order valence-corrected chi connectivity index (χ1v) is 9.90. The summed E-state index contributed by atoms with van der Waals surface area (Å²) in [6, 6.07) is 6.45. The molecule has 1 saturated heterocycles. The lowest BCUT2D eigenvalue weighted by molar-refractivity contribution is -0.137. The fraction of sp³-hybridized carbons (Fsp3) is 0.353. The van der Waals surface area contributed by atoms with Gasteiger partial charge < -0.3 is 4.90 Å². The Hall–Kier alpha value is -2.24. The number of nitrogens with one attached hydrogen (secondary N) is 1. The molecule has 148 valence electrons. The molecule has 3 aromatic heterocycles. The minimum Gasteiger partial charge on any atom is -0.354 e. The maximum absolute atomic E-state index is 12.7. The van der Waals surface area contributed by atoms with Gasteiger partial charge in [0.05, 0.1) is 17.1 Å². The molecular formula is C17H17F3N6S2. The molecule has 0 spiro atoms. The number of anilines is 1. The van der Waals surface area contributed by atoms with Crippen molar-refractivity contribution < 1.29 is 13.2 Å². The third-order valence-corrected chi connectivity index (χ3v) is 5.73. The van der Waals surface area contributed by atoms with Crippen molar-refractivity contribution in [3.63, 3.8) is 0 Å². The minimum absolute atomic E-state index is 0.496. The molecule has 4 rings (SSSR count). The Morgan fingerprint density at radius 1 is 1.14 bits per heavy atom. The lowest BCUT2D eigenvalue weighted by Crippen LogP contribution is -2.47. The molecular weight excluding hydrogens is 409 g/mol. The van der Waals surface area contributed by atoms with Crippen molar-refractivity contribution in [2.45, 2.75) is 12.8 Å². The lowest BCUT2D eigenvalue weighted by Gasteiger charge is -2.35. The SMILES string of the molecule is FC(F)(F)c1ccc(N2CCN(Cn3[nH]c(-c4cccs4)nc3=S)CC2)nc1. The normalized spacial score (nSPS) is 15.9. The highest BCUT2D eigenvalue weighted by atomic mass is 32.1. The summed E-state index contributed by atoms with van der Waals surface area (Å²) in [5, 5.41) is 5.22. The zero-order valence-electron chi connectivity index (χ0n) is 14.7. The molecule has 1 aliphatic heterocycles. The third kappa shape index (κ3) is 4.10. The molecule has 4 heterocycles. The molecule has 6 nitrogen and oxygen atoms in total. The van der Waals surface area contributed by atoms with Gasteiger partial charge in [0.15, 0.2) is 5.82 Å². The topological polar surface area (TPSA) is 53.0 Å². The number of aromatic nitrogens is 4. The number of hydrogen-bond acceptors (Lipinski definition) is 6. The van der Waals surface area contributed by atoms with Crippen LogP contribution in [-0.2, 0) is 12.8 Å². The van der Waals surface area contributed by atoms with Gasteiger partial charge in [0, 0.05) is 32.4 Å². The Morgan fingerprint density at radius 2 is 1.93 bits per heavy atom. The largest absolute Gasteiger partial charge is 0.417 e. The first-order valence-electron chi connectivity index (χ1n) is 8.61. The van der Waals surface area contributed by atoms with E-state index in [4.69, 9.17) is 12.2 Å². The van der Waals surface area contributed by atoms with Crippen molar-refractivity contribution in [3.05, 3.63) is 46.2 Å². The number of aromatic amines is 1. The van der Waals surface area contributed by atoms with Crippen molar-refractivity contribution in [1.29, 1.82) is 0 Å². The number of alkyl halides is 3. The molecule has 0 bridgehead atoms. The predicted molar refractivity (Wildman–Crippen MR) is 104 cm³/mol. The van der Waals surface area contributed by atoms with Crippen molar-refractivity contribution in [2.75, 3.05) is 31.1 Å². The summed E-state index contributed by atoms with van der Waals surface area (Å²) in [4.78, 5) is 13.6. The van der Waals surface area contributed by atoms with Gasteiger partial charge in [-0.05, 0) is 35.8 Å². The molecule has 1 N–H and O–H groups in total. The van der Waals surface area contributed by atoms with Crippen LogP contribution in [0.2, 0.25) is 0 Å². The van der Waals surface area contributed by atoms with E-state index in [2.05, 4.69) is 20.0 Å². The summed E-state index contributed by atoms with van der Waals surface area (Å²) < 4.78 is 40.3. The van der Waals surface area contributed by atoms with E-state index in [1.54, 1.807) is 11.3 Å². The van der Waals surface area contributed by atoms with Crippen LogP contribution in [0.15, 0.2) is 35.8 Å². The number of halogens is 3. The van der Waals surface area contributed by atoms with Gasteiger partial charge in [0.2, 0.25) is 4.77 Å². The van der Waals surface area contributed by atoms with Gasteiger partial charge in [0.25, 0.3) is 0 Å². The second-order valence-electron chi connectivity index (χ2n) is 6.41. The van der Waals surface area contributed by atoms with Gasteiger partial charge >= 0.3 is 6.18 Å². The summed E-state index contributed by atoms with van der Waals surface area (Å²) in [5.41, 5.74) is -0.731. The Morgan fingerprint density at radius 3 is 2.54 bits per heavy atom. The number of thiophene rings is 1. The molecule has 0 amide bonds. The zero-order chi connectivity index (χ0) is 19.7. The van der Waals surface area contributed by atoms with Crippen LogP contribution >= 0.6 is 23.6 Å². The van der Waals surface area contributed by atoms with Crippen LogP contribution in [0, 0.1) is 4.77 Å². The fourth-order valence-electron chi connectivity index (χ4n) is 3.04. The molecule has 0 saturated carbocycles. The maximum Gasteiger partial charge on any atom is 0.417 e. The molecule has 0 aromatic carbocycles. The van der Waals surface area contributed by atoms with Gasteiger partial charge in [-0.1, -0.05) is 6.07 Å². The van der Waals surface area contributed by atoms with Crippen LogP contribution < -0.4 is 4.90 Å². The van der Waals surface area contributed by atoms with E-state index in [1.165, 1.54) is 6.07 Å². The number of rotatable bonds is 4. The number of piperazine rings is 1. The second kappa shape index (κ2) is 7.64. The Kier molecular flexibility index (Phi) is 5.21. The molecule has 0 atom stereocenters. The van der Waals surface area contributed by atoms with E-state index in [0.29, 0.717) is 30.3 Å². The molecule has 28 heavy (non-hydrogen) atoms. The van der Waals surface area contributed by atoms with E-state index >= 15 is 0 Å². The van der Waals surface area contributed by atoms with E-state index < -0.39 is 11.7 Å². The first kappa shape index (κ1) is 19.1. The Bertz CT molecular complexity index is 970. The molecule has 11 heteroatoms. The maximum atomic E-state index is 12.7. The smallest absolute Gasteiger partial charge is 0.354 e. The monoisotopic (exact) mass is 426 g/mol. The quantitative estimate of drug-likeness (QED) is 0.642. The van der Waals surface area contributed by atoms with Crippen LogP contribution in [0.25, 0.3) is 10.7 Å². The van der Waals surface area contributed by atoms with Crippen LogP contribution in [0.3, 0.4) is 0 Å². The van der Waals surface area contributed by atoms with E-state index in [1.807, 2.05) is 27.1 Å². The summed E-state index contributed by atoms with van der Waals surface area (Å²) in [5.74, 6) is 1.32. The lowest BCUT2D eigenvalue weighted by atomic mass is 10.2. The summed E-state index contributed by atoms with van der Waals surface area (Å²) in [6.45, 7) is 3.44. The van der Waals surface area contributed by atoms with E-state index in [-0.39, 0.29) is 0 Å². The molecule has 0 unspecified atom stereocenters. The van der Waals surface area contributed by atoms with Gasteiger partial charge in [0.1, 0.15) is 5.82 Å². The minimum atomic E-state index is -4.37. The average molecular weight is 426 g/mol. The van der Waals surface area contributed by atoms with Crippen molar-refractivity contribution >= 4 is 29.4 Å². The summed E-state index contributed by atoms with van der Waals surface area (Å²) in [7, 11) is 0. The highest BCUT2D eigenvalue weighted by Crippen LogP contribution is 2.29. The molecule has 1 aliphatic rings. The van der Waals surface area contributed by atoms with Gasteiger partial charge in [-0.2, -0.15) is 18.2 Å². The van der Waals surface area contributed by atoms with Crippen molar-refractivity contribution in [2.24, 2.45) is 0 Å². The number of H-pyrrole nitrogens is 1. The van der Waals surface area contributed by atoms with Crippen LogP contribution in [0.1, 0.15) is 5.56 Å². The van der Waals surface area contributed by atoms with Crippen molar-refractivity contribution in [1.82, 2.24) is 24.6 Å². The highest BCUT2D eigenvalue weighted by Gasteiger charge is 2.31. The van der Waals surface area contributed by atoms with Gasteiger partial charge in [-0.25, -0.2) is 9.67 Å². The number of pyridine rings is 1. The summed E-state index contributed by atoms with van der Waals surface area (Å²) >= 11 is 6.94. The van der Waals surface area contributed by atoms with E-state index in [0.717, 1.165) is 36.1 Å². The fourth-order valence-corrected chi connectivity index (χ4v) is 3.89. The standard InChI is InChI=1S/C17H17F3N6S2/c18-17(19,20)12-3-4-14(21-10-12)25-7-5-24(6-8-25)11-26-16(27)22-15(23-26)13-2-1-9-28-13/h1-4,9-10H,5-8,11H2,(H,22,23,27). The molecule has 3 aromatic rings. The molecule has 1 fully saturated rings. The van der Waals surface area contributed by atoms with Crippen LogP contribution in [0.5, 0.6) is 0 Å². The van der Waals surface area contributed by atoms with E-state index in [9.17, 15) is 13.2 Å². The summed E-state index contributed by atoms with van der Waals surface area (Å²) in [6.07, 6.45) is -3.48. The predicted octanol–water partition coefficient (Wildman–Crippen LogP) is 3.86. The van der Waals surface area contributed by atoms with Gasteiger partial charge in [-0.3, -0.25) is 10.00 Å². The van der Waals surface area contributed by atoms with Gasteiger partial charge in [-0.15, -0.1) is 11.3 Å². The number of nitrogens with zero attached hydrogens (tertiary/aromatic N) is 5. The van der Waals surface area contributed by atoms with Crippen LogP contribution in [0.4, 0.5) is 19.0 Å². The molecule has 0 aliphatic carbocycles. The Labute approximate surface area is 168 Å². The average Bonchev–Trinajstić information content (AvgIpc) is 3.32.